The second-order valence-corrected chi connectivity index (χ2v) is 6.05. The molecule has 7 heteroatoms. The summed E-state index contributed by atoms with van der Waals surface area (Å²) in [6, 6.07) is -0.0960. The Bertz CT molecular complexity index is 537. The second kappa shape index (κ2) is 8.79. The van der Waals surface area contributed by atoms with Gasteiger partial charge in [0.15, 0.2) is 0 Å². The maximum atomic E-state index is 12.2. The predicted octanol–water partition coefficient (Wildman–Crippen LogP) is 1.00. The molecule has 128 valence electrons. The normalized spacial score (nSPS) is 21.0. The van der Waals surface area contributed by atoms with E-state index in [0.717, 1.165) is 12.2 Å². The molecule has 1 amide bonds. The van der Waals surface area contributed by atoms with Crippen LogP contribution in [0.3, 0.4) is 0 Å². The number of carbonyl (C=O) groups is 1. The third-order valence-corrected chi connectivity index (χ3v) is 3.82. The number of aromatic nitrogens is 3. The van der Waals surface area contributed by atoms with Gasteiger partial charge in [-0.2, -0.15) is 0 Å². The Morgan fingerprint density at radius 1 is 1.57 bits per heavy atom. The minimum atomic E-state index is -0.0960. The Labute approximate surface area is 137 Å². The number of hydrogen-bond donors (Lipinski definition) is 1. The van der Waals surface area contributed by atoms with Crippen molar-refractivity contribution < 1.29 is 14.3 Å². The summed E-state index contributed by atoms with van der Waals surface area (Å²) in [6.07, 6.45) is 5.42. The lowest BCUT2D eigenvalue weighted by Crippen LogP contribution is -2.50. The second-order valence-electron chi connectivity index (χ2n) is 6.05. The summed E-state index contributed by atoms with van der Waals surface area (Å²) >= 11 is 0. The van der Waals surface area contributed by atoms with E-state index in [1.807, 2.05) is 31.5 Å². The fraction of sp³-hybridized carbons (Fsp3) is 0.688. The molecule has 0 saturated carbocycles. The SMILES string of the molecule is CC(C)=CCO[C@@H]1CCOC[C@@H]1NC(=O)CCc1nncn1C. The van der Waals surface area contributed by atoms with Gasteiger partial charge in [-0.15, -0.1) is 10.2 Å². The molecule has 0 spiro atoms. The van der Waals surface area contributed by atoms with Crippen molar-refractivity contribution in [1.82, 2.24) is 20.1 Å². The van der Waals surface area contributed by atoms with E-state index in [1.165, 1.54) is 5.57 Å². The molecule has 0 bridgehead atoms. The van der Waals surface area contributed by atoms with Crippen molar-refractivity contribution in [2.24, 2.45) is 7.05 Å². The highest BCUT2D eigenvalue weighted by molar-refractivity contribution is 5.76. The highest BCUT2D eigenvalue weighted by atomic mass is 16.5. The van der Waals surface area contributed by atoms with E-state index in [1.54, 1.807) is 6.33 Å². The van der Waals surface area contributed by atoms with Gasteiger partial charge in [-0.05, 0) is 20.3 Å². The first-order chi connectivity index (χ1) is 11.1. The molecule has 0 aliphatic carbocycles. The van der Waals surface area contributed by atoms with Gasteiger partial charge in [-0.1, -0.05) is 11.6 Å². The van der Waals surface area contributed by atoms with E-state index in [0.29, 0.717) is 32.7 Å². The van der Waals surface area contributed by atoms with Gasteiger partial charge in [0.1, 0.15) is 12.2 Å². The number of rotatable bonds is 7. The van der Waals surface area contributed by atoms with Crippen molar-refractivity contribution in [3.05, 3.63) is 23.8 Å². The summed E-state index contributed by atoms with van der Waals surface area (Å²) in [4.78, 5) is 12.2. The molecule has 2 atom stereocenters. The Hall–Kier alpha value is -1.73. The summed E-state index contributed by atoms with van der Waals surface area (Å²) in [5.41, 5.74) is 1.22. The van der Waals surface area contributed by atoms with Crippen LogP contribution >= 0.6 is 0 Å². The predicted molar refractivity (Wildman–Crippen MR) is 85.9 cm³/mol. The number of amides is 1. The summed E-state index contributed by atoms with van der Waals surface area (Å²) in [5.74, 6) is 0.788. The highest BCUT2D eigenvalue weighted by Gasteiger charge is 2.27. The molecule has 2 heterocycles. The van der Waals surface area contributed by atoms with Crippen molar-refractivity contribution in [3.63, 3.8) is 0 Å². The number of aryl methyl sites for hydroxylation is 2. The number of ether oxygens (including phenoxy) is 2. The third-order valence-electron chi connectivity index (χ3n) is 3.82. The summed E-state index contributed by atoms with van der Waals surface area (Å²) < 4.78 is 13.2. The summed E-state index contributed by atoms with van der Waals surface area (Å²) in [5, 5.41) is 10.8. The molecule has 1 N–H and O–H groups in total. The van der Waals surface area contributed by atoms with Crippen molar-refractivity contribution >= 4 is 5.91 Å². The van der Waals surface area contributed by atoms with Gasteiger partial charge in [0.05, 0.1) is 25.4 Å². The van der Waals surface area contributed by atoms with E-state index in [-0.39, 0.29) is 18.1 Å². The first kappa shape index (κ1) is 17.6. The molecular weight excluding hydrogens is 296 g/mol. The first-order valence-corrected chi connectivity index (χ1v) is 8.01. The van der Waals surface area contributed by atoms with Crippen LogP contribution in [0.5, 0.6) is 0 Å². The summed E-state index contributed by atoms with van der Waals surface area (Å²) in [7, 11) is 1.87. The van der Waals surface area contributed by atoms with E-state index in [2.05, 4.69) is 15.5 Å². The molecule has 1 saturated heterocycles. The van der Waals surface area contributed by atoms with Gasteiger partial charge in [0, 0.05) is 26.5 Å². The lowest BCUT2D eigenvalue weighted by Gasteiger charge is -2.31. The zero-order valence-corrected chi connectivity index (χ0v) is 14.1. The van der Waals surface area contributed by atoms with Crippen molar-refractivity contribution in [3.8, 4) is 0 Å². The minimum Gasteiger partial charge on any atom is -0.379 e. The number of nitrogens with one attached hydrogen (secondary N) is 1. The van der Waals surface area contributed by atoms with Crippen molar-refractivity contribution in [1.29, 1.82) is 0 Å². The molecule has 2 rings (SSSR count). The molecule has 1 aliphatic heterocycles. The number of carbonyl (C=O) groups excluding carboxylic acids is 1. The maximum absolute atomic E-state index is 12.2. The van der Waals surface area contributed by atoms with E-state index in [4.69, 9.17) is 9.47 Å². The summed E-state index contributed by atoms with van der Waals surface area (Å²) in [6.45, 7) is 5.82. The van der Waals surface area contributed by atoms with Crippen LogP contribution in [-0.4, -0.2) is 52.6 Å². The van der Waals surface area contributed by atoms with Crippen molar-refractivity contribution in [2.75, 3.05) is 19.8 Å². The minimum absolute atomic E-state index is 0.00173. The van der Waals surface area contributed by atoms with Gasteiger partial charge >= 0.3 is 0 Å². The standard InChI is InChI=1S/C16H26N4O3/c1-12(2)6-9-23-14-7-8-22-10-13(14)18-16(21)5-4-15-19-17-11-20(15)3/h6,11,13-14H,4-5,7-10H2,1-3H3,(H,18,21)/t13-,14+/m0/s1. The van der Waals surface area contributed by atoms with Crippen LogP contribution in [0.25, 0.3) is 0 Å². The van der Waals surface area contributed by atoms with Crippen LogP contribution in [0.2, 0.25) is 0 Å². The highest BCUT2D eigenvalue weighted by Crippen LogP contribution is 2.13. The lowest BCUT2D eigenvalue weighted by molar-refractivity contribution is -0.125. The van der Waals surface area contributed by atoms with Crippen LogP contribution in [-0.2, 0) is 27.7 Å². The molecular formula is C16H26N4O3. The van der Waals surface area contributed by atoms with Crippen LogP contribution in [0.1, 0.15) is 32.5 Å². The zero-order chi connectivity index (χ0) is 16.7. The Balaban J connectivity index is 1.79. The van der Waals surface area contributed by atoms with Crippen LogP contribution in [0.15, 0.2) is 18.0 Å². The quantitative estimate of drug-likeness (QED) is 0.758. The topological polar surface area (TPSA) is 78.3 Å². The molecule has 1 aromatic rings. The molecule has 0 unspecified atom stereocenters. The van der Waals surface area contributed by atoms with Gasteiger partial charge in [-0.25, -0.2) is 0 Å². The van der Waals surface area contributed by atoms with E-state index in [9.17, 15) is 4.79 Å². The van der Waals surface area contributed by atoms with Gasteiger partial charge in [-0.3, -0.25) is 4.79 Å². The van der Waals surface area contributed by atoms with Gasteiger partial charge < -0.3 is 19.4 Å². The number of allylic oxidation sites excluding steroid dienone is 1. The van der Waals surface area contributed by atoms with Crippen molar-refractivity contribution in [2.45, 2.75) is 45.3 Å². The van der Waals surface area contributed by atoms with E-state index >= 15 is 0 Å². The molecule has 0 aromatic carbocycles. The van der Waals surface area contributed by atoms with Crippen LogP contribution in [0, 0.1) is 0 Å². The lowest BCUT2D eigenvalue weighted by atomic mass is 10.1. The monoisotopic (exact) mass is 322 g/mol. The van der Waals surface area contributed by atoms with Crippen LogP contribution < -0.4 is 5.32 Å². The molecule has 23 heavy (non-hydrogen) atoms. The molecule has 1 aromatic heterocycles. The molecule has 0 radical (unpaired) electrons. The fourth-order valence-corrected chi connectivity index (χ4v) is 2.43. The Morgan fingerprint density at radius 3 is 3.09 bits per heavy atom. The fourth-order valence-electron chi connectivity index (χ4n) is 2.43. The maximum Gasteiger partial charge on any atom is 0.220 e. The smallest absolute Gasteiger partial charge is 0.220 e. The molecule has 1 fully saturated rings. The van der Waals surface area contributed by atoms with Gasteiger partial charge in [0.25, 0.3) is 0 Å². The Morgan fingerprint density at radius 2 is 2.39 bits per heavy atom. The molecule has 7 nitrogen and oxygen atoms in total. The molecule has 1 aliphatic rings. The first-order valence-electron chi connectivity index (χ1n) is 8.01. The zero-order valence-electron chi connectivity index (χ0n) is 14.1. The third kappa shape index (κ3) is 5.76. The Kier molecular flexibility index (Phi) is 6.73. The number of hydrogen-bond acceptors (Lipinski definition) is 5. The van der Waals surface area contributed by atoms with Crippen LogP contribution in [0.4, 0.5) is 0 Å². The number of nitrogens with zero attached hydrogens (tertiary/aromatic N) is 3. The largest absolute Gasteiger partial charge is 0.379 e. The van der Waals surface area contributed by atoms with E-state index < -0.39 is 0 Å². The average Bonchev–Trinajstić information content (AvgIpc) is 2.92. The average molecular weight is 322 g/mol. The van der Waals surface area contributed by atoms with Gasteiger partial charge in [0.2, 0.25) is 5.91 Å².